The Morgan fingerprint density at radius 2 is 2.21 bits per heavy atom. The van der Waals surface area contributed by atoms with E-state index in [0.29, 0.717) is 6.42 Å². The lowest BCUT2D eigenvalue weighted by molar-refractivity contribution is -0.144. The van der Waals surface area contributed by atoms with Crippen molar-refractivity contribution in [1.82, 2.24) is 5.32 Å². The first-order valence-corrected chi connectivity index (χ1v) is 4.27. The lowest BCUT2D eigenvalue weighted by Gasteiger charge is -2.09. The van der Waals surface area contributed by atoms with Gasteiger partial charge in [0.25, 0.3) is 5.91 Å². The van der Waals surface area contributed by atoms with Crippen LogP contribution < -0.4 is 5.32 Å². The fourth-order valence-corrected chi connectivity index (χ4v) is 0.785. The first kappa shape index (κ1) is 12.6. The minimum Gasteiger partial charge on any atom is -0.351 e. The van der Waals surface area contributed by atoms with Crippen molar-refractivity contribution < 1.29 is 13.6 Å². The molecule has 0 aromatic rings. The Hall–Kier alpha value is -1.36. The van der Waals surface area contributed by atoms with Gasteiger partial charge < -0.3 is 5.32 Å². The number of nitrogens with zero attached hydrogens (tertiary/aromatic N) is 3. The number of halogens is 2. The summed E-state index contributed by atoms with van der Waals surface area (Å²) in [5.74, 6) is -1.55. The van der Waals surface area contributed by atoms with Gasteiger partial charge in [-0.05, 0) is 17.1 Å². The highest BCUT2D eigenvalue weighted by molar-refractivity contribution is 5.82. The van der Waals surface area contributed by atoms with Crippen molar-refractivity contribution in [3.05, 3.63) is 10.4 Å². The normalized spacial score (nSPS) is 10.5. The number of carbonyl (C=O) groups is 1. The van der Waals surface area contributed by atoms with Gasteiger partial charge in [0.05, 0.1) is 0 Å². The van der Waals surface area contributed by atoms with Gasteiger partial charge >= 0.3 is 6.05 Å². The van der Waals surface area contributed by atoms with Crippen LogP contribution in [0.4, 0.5) is 8.78 Å². The molecule has 5 nitrogen and oxygen atoms in total. The fraction of sp³-hybridized carbons (Fsp3) is 0.857. The standard InChI is InChI=1S/C7H12F2N4O/c1-2-3-4-5-11-6(14)7(8,9)12-13-10/h2-5H2,1H3,(H,11,14). The average Bonchev–Trinajstić information content (AvgIpc) is 2.12. The van der Waals surface area contributed by atoms with Gasteiger partial charge in [-0.3, -0.25) is 4.79 Å². The van der Waals surface area contributed by atoms with Gasteiger partial charge in [0, 0.05) is 11.5 Å². The van der Waals surface area contributed by atoms with E-state index in [1.807, 2.05) is 17.2 Å². The Kier molecular flexibility index (Phi) is 5.55. The summed E-state index contributed by atoms with van der Waals surface area (Å²) >= 11 is 0. The quantitative estimate of drug-likeness (QED) is 0.233. The molecule has 0 aromatic heterocycles. The predicted octanol–water partition coefficient (Wildman–Crippen LogP) is 2.20. The highest BCUT2D eigenvalue weighted by atomic mass is 19.3. The summed E-state index contributed by atoms with van der Waals surface area (Å²) in [6, 6.07) is -3.99. The zero-order chi connectivity index (χ0) is 11.0. The molecule has 1 amide bonds. The maximum absolute atomic E-state index is 12.5. The summed E-state index contributed by atoms with van der Waals surface area (Å²) in [6.07, 6.45) is 2.42. The van der Waals surface area contributed by atoms with Crippen LogP contribution in [0.1, 0.15) is 26.2 Å². The van der Waals surface area contributed by atoms with Gasteiger partial charge in [-0.25, -0.2) is 0 Å². The number of nitrogens with one attached hydrogen (secondary N) is 1. The Bertz CT molecular complexity index is 238. The van der Waals surface area contributed by atoms with E-state index >= 15 is 0 Å². The van der Waals surface area contributed by atoms with Crippen molar-refractivity contribution in [2.24, 2.45) is 5.11 Å². The summed E-state index contributed by atoms with van der Waals surface area (Å²) in [5, 5.41) is 4.08. The third kappa shape index (κ3) is 4.61. The van der Waals surface area contributed by atoms with Gasteiger partial charge in [0.2, 0.25) is 0 Å². The van der Waals surface area contributed by atoms with Crippen molar-refractivity contribution in [3.8, 4) is 0 Å². The topological polar surface area (TPSA) is 77.9 Å². The van der Waals surface area contributed by atoms with Crippen LogP contribution >= 0.6 is 0 Å². The maximum Gasteiger partial charge on any atom is 0.401 e. The summed E-state index contributed by atoms with van der Waals surface area (Å²) in [4.78, 5) is 12.6. The third-order valence-corrected chi connectivity index (χ3v) is 1.51. The molecule has 1 N–H and O–H groups in total. The molecule has 0 saturated heterocycles. The Morgan fingerprint density at radius 3 is 2.71 bits per heavy atom. The third-order valence-electron chi connectivity index (χ3n) is 1.51. The molecule has 0 radical (unpaired) electrons. The zero-order valence-corrected chi connectivity index (χ0v) is 7.83. The molecule has 0 saturated carbocycles. The van der Waals surface area contributed by atoms with Gasteiger partial charge in [0.15, 0.2) is 0 Å². The van der Waals surface area contributed by atoms with Crippen molar-refractivity contribution >= 4 is 5.91 Å². The van der Waals surface area contributed by atoms with Crippen LogP contribution in [0.3, 0.4) is 0 Å². The molecule has 0 unspecified atom stereocenters. The number of hydrogen-bond donors (Lipinski definition) is 1. The minimum atomic E-state index is -3.99. The smallest absolute Gasteiger partial charge is 0.351 e. The van der Waals surface area contributed by atoms with E-state index < -0.39 is 12.0 Å². The molecule has 0 heterocycles. The molecule has 14 heavy (non-hydrogen) atoms. The lowest BCUT2D eigenvalue weighted by atomic mass is 10.2. The number of azide groups is 1. The first-order chi connectivity index (χ1) is 6.54. The highest BCUT2D eigenvalue weighted by Crippen LogP contribution is 2.15. The second-order valence-corrected chi connectivity index (χ2v) is 2.69. The molecular formula is C7H12F2N4O. The molecule has 0 aliphatic heterocycles. The predicted molar refractivity (Wildman–Crippen MR) is 46.6 cm³/mol. The number of amides is 1. The lowest BCUT2D eigenvalue weighted by Crippen LogP contribution is -2.38. The first-order valence-electron chi connectivity index (χ1n) is 4.27. The number of unbranched alkanes of at least 4 members (excludes halogenated alkanes) is 2. The van der Waals surface area contributed by atoms with E-state index in [1.54, 1.807) is 0 Å². The van der Waals surface area contributed by atoms with Gasteiger partial charge in [-0.15, -0.1) is 0 Å². The average molecular weight is 206 g/mol. The molecule has 0 fully saturated rings. The second kappa shape index (κ2) is 6.15. The largest absolute Gasteiger partial charge is 0.401 e. The molecular weight excluding hydrogens is 194 g/mol. The number of hydrogen-bond acceptors (Lipinski definition) is 2. The molecule has 0 aliphatic rings. The van der Waals surface area contributed by atoms with E-state index in [4.69, 9.17) is 5.53 Å². The highest BCUT2D eigenvalue weighted by Gasteiger charge is 2.37. The summed E-state index contributed by atoms with van der Waals surface area (Å²) in [5.41, 5.74) is 7.76. The Morgan fingerprint density at radius 1 is 1.57 bits per heavy atom. The van der Waals surface area contributed by atoms with Crippen molar-refractivity contribution in [1.29, 1.82) is 0 Å². The van der Waals surface area contributed by atoms with Crippen molar-refractivity contribution in [3.63, 3.8) is 0 Å². The summed E-state index contributed by atoms with van der Waals surface area (Å²) in [7, 11) is 0. The fourth-order valence-electron chi connectivity index (χ4n) is 0.785. The maximum atomic E-state index is 12.5. The SMILES string of the molecule is CCCCCNC(=O)C(F)(F)N=[N+]=[N-]. The summed E-state index contributed by atoms with van der Waals surface area (Å²) < 4.78 is 25.0. The zero-order valence-electron chi connectivity index (χ0n) is 7.83. The molecule has 80 valence electrons. The van der Waals surface area contributed by atoms with Crippen LogP contribution in [0.25, 0.3) is 10.4 Å². The van der Waals surface area contributed by atoms with E-state index in [1.165, 1.54) is 0 Å². The van der Waals surface area contributed by atoms with E-state index in [2.05, 4.69) is 5.11 Å². The second-order valence-electron chi connectivity index (χ2n) is 2.69. The van der Waals surface area contributed by atoms with Crippen molar-refractivity contribution in [2.75, 3.05) is 6.54 Å². The van der Waals surface area contributed by atoms with Crippen LogP contribution in [-0.4, -0.2) is 18.5 Å². The number of alkyl halides is 2. The molecule has 0 atom stereocenters. The van der Waals surface area contributed by atoms with E-state index in [-0.39, 0.29) is 6.54 Å². The van der Waals surface area contributed by atoms with Crippen LogP contribution in [0.5, 0.6) is 0 Å². The Balaban J connectivity index is 3.89. The van der Waals surface area contributed by atoms with Crippen molar-refractivity contribution in [2.45, 2.75) is 32.2 Å². The molecule has 0 rings (SSSR count). The molecule has 0 aromatic carbocycles. The molecule has 7 heteroatoms. The van der Waals surface area contributed by atoms with Crippen LogP contribution in [-0.2, 0) is 4.79 Å². The van der Waals surface area contributed by atoms with Crippen LogP contribution in [0.2, 0.25) is 0 Å². The summed E-state index contributed by atoms with van der Waals surface area (Å²) in [6.45, 7) is 2.12. The number of rotatable bonds is 6. The molecule has 0 bridgehead atoms. The molecule has 0 spiro atoms. The van der Waals surface area contributed by atoms with Gasteiger partial charge in [-0.2, -0.15) is 8.78 Å². The van der Waals surface area contributed by atoms with Gasteiger partial charge in [-0.1, -0.05) is 19.8 Å². The monoisotopic (exact) mass is 206 g/mol. The van der Waals surface area contributed by atoms with Crippen LogP contribution in [0.15, 0.2) is 5.11 Å². The van der Waals surface area contributed by atoms with Gasteiger partial charge in [0.1, 0.15) is 0 Å². The Labute approximate surface area is 80.1 Å². The van der Waals surface area contributed by atoms with E-state index in [9.17, 15) is 13.6 Å². The minimum absolute atomic E-state index is 0.170. The molecule has 0 aliphatic carbocycles. The number of carbonyl (C=O) groups excluding carboxylic acids is 1. The van der Waals surface area contributed by atoms with Crippen LogP contribution in [0, 0.1) is 0 Å². The van der Waals surface area contributed by atoms with E-state index in [0.717, 1.165) is 12.8 Å².